The Bertz CT molecular complexity index is 347. The lowest BCUT2D eigenvalue weighted by atomic mass is 9.97. The van der Waals surface area contributed by atoms with Crippen molar-refractivity contribution in [1.29, 1.82) is 0 Å². The summed E-state index contributed by atoms with van der Waals surface area (Å²) in [5, 5.41) is 3.56. The molecule has 100 valence electrons. The van der Waals surface area contributed by atoms with Crippen LogP contribution in [0.2, 0.25) is 0 Å². The molecular formula is C16H25NO. The minimum atomic E-state index is 0.719. The van der Waals surface area contributed by atoms with E-state index in [1.165, 1.54) is 24.8 Å². The standard InChI is InChI=1S/C16H25NO/c1-3-11-18-16-9-6-13(7-10-16)14-5-8-15(12-14)17-4-2/h6-7,9-10,14-15,17H,3-5,8,11-12H2,1-2H3. The van der Waals surface area contributed by atoms with Gasteiger partial charge >= 0.3 is 0 Å². The van der Waals surface area contributed by atoms with Crippen molar-refractivity contribution >= 4 is 0 Å². The maximum atomic E-state index is 5.62. The van der Waals surface area contributed by atoms with Gasteiger partial charge in [-0.1, -0.05) is 26.0 Å². The summed E-state index contributed by atoms with van der Waals surface area (Å²) in [7, 11) is 0. The second-order valence-electron chi connectivity index (χ2n) is 5.18. The van der Waals surface area contributed by atoms with E-state index in [1.807, 2.05) is 0 Å². The van der Waals surface area contributed by atoms with Gasteiger partial charge in [-0.25, -0.2) is 0 Å². The molecule has 0 radical (unpaired) electrons. The van der Waals surface area contributed by atoms with E-state index in [2.05, 4.69) is 43.4 Å². The van der Waals surface area contributed by atoms with Gasteiger partial charge in [-0.2, -0.15) is 0 Å². The molecule has 1 N–H and O–H groups in total. The van der Waals surface area contributed by atoms with Crippen molar-refractivity contribution in [2.75, 3.05) is 13.2 Å². The molecule has 1 aromatic rings. The summed E-state index contributed by atoms with van der Waals surface area (Å²) in [5.74, 6) is 1.73. The van der Waals surface area contributed by atoms with Crippen molar-refractivity contribution in [2.45, 2.75) is 51.5 Å². The fourth-order valence-electron chi connectivity index (χ4n) is 2.81. The van der Waals surface area contributed by atoms with Gasteiger partial charge in [0.05, 0.1) is 6.61 Å². The van der Waals surface area contributed by atoms with Crippen LogP contribution in [0.4, 0.5) is 0 Å². The summed E-state index contributed by atoms with van der Waals surface area (Å²) in [5.41, 5.74) is 1.47. The normalized spacial score (nSPS) is 23.2. The average Bonchev–Trinajstić information content (AvgIpc) is 2.86. The van der Waals surface area contributed by atoms with Crippen LogP contribution in [-0.2, 0) is 0 Å². The first-order valence-corrected chi connectivity index (χ1v) is 7.29. The van der Waals surface area contributed by atoms with Gasteiger partial charge in [-0.05, 0) is 55.8 Å². The van der Waals surface area contributed by atoms with Gasteiger partial charge < -0.3 is 10.1 Å². The van der Waals surface area contributed by atoms with E-state index in [-0.39, 0.29) is 0 Å². The summed E-state index contributed by atoms with van der Waals surface area (Å²) in [6, 6.07) is 9.43. The molecule has 0 heterocycles. The third-order valence-corrected chi connectivity index (χ3v) is 3.75. The Balaban J connectivity index is 1.90. The molecule has 1 saturated carbocycles. The van der Waals surface area contributed by atoms with Gasteiger partial charge in [0.25, 0.3) is 0 Å². The highest BCUT2D eigenvalue weighted by Gasteiger charge is 2.24. The highest BCUT2D eigenvalue weighted by molar-refractivity contribution is 5.30. The molecule has 2 nitrogen and oxygen atoms in total. The summed E-state index contributed by atoms with van der Waals surface area (Å²) < 4.78 is 5.62. The predicted octanol–water partition coefficient (Wildman–Crippen LogP) is 3.72. The lowest BCUT2D eigenvalue weighted by Crippen LogP contribution is -2.25. The first-order chi connectivity index (χ1) is 8.83. The van der Waals surface area contributed by atoms with Gasteiger partial charge in [0.15, 0.2) is 0 Å². The zero-order valence-electron chi connectivity index (χ0n) is 11.6. The fraction of sp³-hybridized carbons (Fsp3) is 0.625. The molecule has 2 rings (SSSR count). The van der Waals surface area contributed by atoms with E-state index < -0.39 is 0 Å². The maximum absolute atomic E-state index is 5.62. The number of ether oxygens (including phenoxy) is 1. The second-order valence-corrected chi connectivity index (χ2v) is 5.18. The molecule has 2 heteroatoms. The highest BCUT2D eigenvalue weighted by Crippen LogP contribution is 2.35. The molecule has 0 amide bonds. The molecule has 0 spiro atoms. The Morgan fingerprint density at radius 2 is 1.94 bits per heavy atom. The van der Waals surface area contributed by atoms with Crippen LogP contribution >= 0.6 is 0 Å². The van der Waals surface area contributed by atoms with Crippen molar-refractivity contribution in [3.63, 3.8) is 0 Å². The Kier molecular flexibility index (Phi) is 5.06. The largest absolute Gasteiger partial charge is 0.494 e. The van der Waals surface area contributed by atoms with Crippen LogP contribution in [0.25, 0.3) is 0 Å². The van der Waals surface area contributed by atoms with E-state index in [4.69, 9.17) is 4.74 Å². The van der Waals surface area contributed by atoms with Crippen LogP contribution in [-0.4, -0.2) is 19.2 Å². The first-order valence-electron chi connectivity index (χ1n) is 7.29. The molecule has 1 fully saturated rings. The number of hydrogen-bond donors (Lipinski definition) is 1. The SMILES string of the molecule is CCCOc1ccc(C2CCC(NCC)C2)cc1. The quantitative estimate of drug-likeness (QED) is 0.827. The van der Waals surface area contributed by atoms with Crippen LogP contribution in [0.5, 0.6) is 5.75 Å². The van der Waals surface area contributed by atoms with Crippen LogP contribution in [0.15, 0.2) is 24.3 Å². The second kappa shape index (κ2) is 6.79. The highest BCUT2D eigenvalue weighted by atomic mass is 16.5. The van der Waals surface area contributed by atoms with Gasteiger partial charge in [-0.15, -0.1) is 0 Å². The number of nitrogens with one attached hydrogen (secondary N) is 1. The molecule has 0 saturated heterocycles. The molecular weight excluding hydrogens is 222 g/mol. The van der Waals surface area contributed by atoms with Crippen molar-refractivity contribution in [2.24, 2.45) is 0 Å². The molecule has 2 atom stereocenters. The van der Waals surface area contributed by atoms with Crippen LogP contribution in [0.1, 0.15) is 51.0 Å². The van der Waals surface area contributed by atoms with Crippen LogP contribution in [0, 0.1) is 0 Å². The number of benzene rings is 1. The van der Waals surface area contributed by atoms with Gasteiger partial charge in [-0.3, -0.25) is 0 Å². The molecule has 1 aromatic carbocycles. The lowest BCUT2D eigenvalue weighted by molar-refractivity contribution is 0.317. The molecule has 18 heavy (non-hydrogen) atoms. The Labute approximate surface area is 111 Å². The van der Waals surface area contributed by atoms with E-state index in [0.717, 1.165) is 37.3 Å². The van der Waals surface area contributed by atoms with Crippen molar-refractivity contribution in [3.05, 3.63) is 29.8 Å². The van der Waals surface area contributed by atoms with E-state index in [0.29, 0.717) is 0 Å². The van der Waals surface area contributed by atoms with Crippen LogP contribution in [0.3, 0.4) is 0 Å². The average molecular weight is 247 g/mol. The Hall–Kier alpha value is -1.02. The Morgan fingerprint density at radius 3 is 2.61 bits per heavy atom. The Morgan fingerprint density at radius 1 is 1.17 bits per heavy atom. The zero-order chi connectivity index (χ0) is 12.8. The summed E-state index contributed by atoms with van der Waals surface area (Å²) in [6.45, 7) is 6.22. The van der Waals surface area contributed by atoms with Crippen molar-refractivity contribution in [3.8, 4) is 5.75 Å². The van der Waals surface area contributed by atoms with E-state index >= 15 is 0 Å². The smallest absolute Gasteiger partial charge is 0.119 e. The lowest BCUT2D eigenvalue weighted by Gasteiger charge is -2.13. The van der Waals surface area contributed by atoms with Crippen LogP contribution < -0.4 is 10.1 Å². The van der Waals surface area contributed by atoms with Gasteiger partial charge in [0.1, 0.15) is 5.75 Å². The van der Waals surface area contributed by atoms with Gasteiger partial charge in [0.2, 0.25) is 0 Å². The van der Waals surface area contributed by atoms with Crippen molar-refractivity contribution < 1.29 is 4.74 Å². The summed E-state index contributed by atoms with van der Waals surface area (Å²) in [6.07, 6.45) is 4.97. The van der Waals surface area contributed by atoms with E-state index in [1.54, 1.807) is 0 Å². The summed E-state index contributed by atoms with van der Waals surface area (Å²) in [4.78, 5) is 0. The zero-order valence-corrected chi connectivity index (χ0v) is 11.6. The molecule has 0 bridgehead atoms. The third kappa shape index (κ3) is 3.49. The fourth-order valence-corrected chi connectivity index (χ4v) is 2.81. The predicted molar refractivity (Wildman–Crippen MR) is 76.3 cm³/mol. The van der Waals surface area contributed by atoms with Crippen molar-refractivity contribution in [1.82, 2.24) is 5.32 Å². The molecule has 0 aromatic heterocycles. The maximum Gasteiger partial charge on any atom is 0.119 e. The molecule has 1 aliphatic rings. The topological polar surface area (TPSA) is 21.3 Å². The molecule has 2 unspecified atom stereocenters. The monoisotopic (exact) mass is 247 g/mol. The molecule has 1 aliphatic carbocycles. The minimum absolute atomic E-state index is 0.719. The minimum Gasteiger partial charge on any atom is -0.494 e. The third-order valence-electron chi connectivity index (χ3n) is 3.75. The number of rotatable bonds is 6. The molecule has 0 aliphatic heterocycles. The summed E-state index contributed by atoms with van der Waals surface area (Å²) >= 11 is 0. The van der Waals surface area contributed by atoms with E-state index in [9.17, 15) is 0 Å². The van der Waals surface area contributed by atoms with Gasteiger partial charge in [0, 0.05) is 6.04 Å². The first kappa shape index (κ1) is 13.4. The number of hydrogen-bond acceptors (Lipinski definition) is 2.